The molecule has 0 saturated heterocycles. The first-order valence-electron chi connectivity index (χ1n) is 6.05. The molecule has 3 nitrogen and oxygen atoms in total. The molecule has 3 N–H and O–H groups in total. The minimum Gasteiger partial charge on any atom is -0.497 e. The topological polar surface area (TPSA) is 47.3 Å². The van der Waals surface area contributed by atoms with Crippen LogP contribution < -0.4 is 15.8 Å². The Kier molecular flexibility index (Phi) is 4.52. The van der Waals surface area contributed by atoms with Crippen LogP contribution in [0.25, 0.3) is 0 Å². The van der Waals surface area contributed by atoms with Gasteiger partial charge in [0, 0.05) is 21.0 Å². The molecule has 4 heteroatoms. The third kappa shape index (κ3) is 3.53. The average molecular weight is 368 g/mol. The molecule has 0 aliphatic carbocycles. The molecule has 1 unspecified atom stereocenters. The van der Waals surface area contributed by atoms with E-state index in [0.29, 0.717) is 0 Å². The van der Waals surface area contributed by atoms with E-state index < -0.39 is 0 Å². The van der Waals surface area contributed by atoms with Crippen molar-refractivity contribution in [3.05, 3.63) is 51.6 Å². The van der Waals surface area contributed by atoms with Gasteiger partial charge in [0.25, 0.3) is 0 Å². The van der Waals surface area contributed by atoms with Gasteiger partial charge in [-0.15, -0.1) is 0 Å². The number of nitrogens with two attached hydrogens (primary N) is 1. The maximum absolute atomic E-state index is 5.75. The monoisotopic (exact) mass is 368 g/mol. The van der Waals surface area contributed by atoms with Gasteiger partial charge in [-0.2, -0.15) is 0 Å². The van der Waals surface area contributed by atoms with Crippen LogP contribution in [0.2, 0.25) is 0 Å². The predicted molar refractivity (Wildman–Crippen MR) is 88.6 cm³/mol. The molecule has 0 radical (unpaired) electrons. The second kappa shape index (κ2) is 6.14. The maximum Gasteiger partial charge on any atom is 0.118 e. The molecule has 0 fully saturated rings. The molecule has 2 aromatic carbocycles. The van der Waals surface area contributed by atoms with Crippen LogP contribution >= 0.6 is 22.6 Å². The van der Waals surface area contributed by atoms with Gasteiger partial charge < -0.3 is 15.8 Å². The van der Waals surface area contributed by atoms with Crippen molar-refractivity contribution in [3.63, 3.8) is 0 Å². The van der Waals surface area contributed by atoms with Gasteiger partial charge in [-0.1, -0.05) is 12.1 Å². The SMILES string of the molecule is COc1ccc(C(C)Nc2ccc(N)cc2I)cc1. The van der Waals surface area contributed by atoms with Gasteiger partial charge in [0.1, 0.15) is 5.75 Å². The smallest absolute Gasteiger partial charge is 0.118 e. The van der Waals surface area contributed by atoms with Crippen molar-refractivity contribution in [2.45, 2.75) is 13.0 Å². The fourth-order valence-corrected chi connectivity index (χ4v) is 2.55. The third-order valence-corrected chi connectivity index (χ3v) is 3.87. The van der Waals surface area contributed by atoms with Crippen LogP contribution in [0, 0.1) is 3.57 Å². The van der Waals surface area contributed by atoms with Crippen molar-refractivity contribution in [2.24, 2.45) is 0 Å². The first-order chi connectivity index (χ1) is 9.10. The molecule has 0 spiro atoms. The molecule has 0 aliphatic rings. The second-order valence-electron chi connectivity index (χ2n) is 4.38. The zero-order chi connectivity index (χ0) is 13.8. The number of hydrogen-bond acceptors (Lipinski definition) is 3. The number of ether oxygens (including phenoxy) is 1. The van der Waals surface area contributed by atoms with E-state index in [1.54, 1.807) is 7.11 Å². The van der Waals surface area contributed by atoms with Crippen LogP contribution in [0.5, 0.6) is 5.75 Å². The molecule has 0 saturated carbocycles. The highest BCUT2D eigenvalue weighted by Gasteiger charge is 2.07. The van der Waals surface area contributed by atoms with Crippen molar-refractivity contribution in [1.29, 1.82) is 0 Å². The number of rotatable bonds is 4. The summed E-state index contributed by atoms with van der Waals surface area (Å²) in [6.07, 6.45) is 0. The highest BCUT2D eigenvalue weighted by atomic mass is 127. The number of methoxy groups -OCH3 is 1. The van der Waals surface area contributed by atoms with Gasteiger partial charge in [-0.05, 0) is 65.4 Å². The van der Waals surface area contributed by atoms with E-state index >= 15 is 0 Å². The minimum absolute atomic E-state index is 0.225. The van der Waals surface area contributed by atoms with Crippen LogP contribution in [-0.4, -0.2) is 7.11 Å². The second-order valence-corrected chi connectivity index (χ2v) is 5.54. The highest BCUT2D eigenvalue weighted by Crippen LogP contribution is 2.26. The standard InChI is InChI=1S/C15H17IN2O/c1-10(11-3-6-13(19-2)7-4-11)18-15-8-5-12(17)9-14(15)16/h3-10,18H,17H2,1-2H3. The van der Waals surface area contributed by atoms with Crippen molar-refractivity contribution < 1.29 is 4.74 Å². The normalized spacial score (nSPS) is 11.9. The van der Waals surface area contributed by atoms with E-state index in [0.717, 1.165) is 20.7 Å². The lowest BCUT2D eigenvalue weighted by molar-refractivity contribution is 0.414. The summed E-state index contributed by atoms with van der Waals surface area (Å²) in [5.41, 5.74) is 8.85. The molecule has 0 aromatic heterocycles. The third-order valence-electron chi connectivity index (χ3n) is 2.98. The summed E-state index contributed by atoms with van der Waals surface area (Å²) in [6.45, 7) is 2.13. The molecule has 19 heavy (non-hydrogen) atoms. The molecule has 2 aromatic rings. The molecule has 0 heterocycles. The fourth-order valence-electron chi connectivity index (χ4n) is 1.86. The summed E-state index contributed by atoms with van der Waals surface area (Å²) in [7, 11) is 1.67. The number of nitrogen functional groups attached to an aromatic ring is 1. The summed E-state index contributed by atoms with van der Waals surface area (Å²) >= 11 is 2.29. The Morgan fingerprint density at radius 1 is 1.16 bits per heavy atom. The molecule has 0 bridgehead atoms. The molecule has 2 rings (SSSR count). The molecule has 0 aliphatic heterocycles. The van der Waals surface area contributed by atoms with E-state index in [-0.39, 0.29) is 6.04 Å². The minimum atomic E-state index is 0.225. The molecule has 0 amide bonds. The van der Waals surface area contributed by atoms with Crippen molar-refractivity contribution in [3.8, 4) is 5.75 Å². The predicted octanol–water partition coefficient (Wildman–Crippen LogP) is 4.06. The number of anilines is 2. The summed E-state index contributed by atoms with van der Waals surface area (Å²) in [4.78, 5) is 0. The zero-order valence-corrected chi connectivity index (χ0v) is 13.1. The quantitative estimate of drug-likeness (QED) is 0.632. The summed E-state index contributed by atoms with van der Waals surface area (Å²) in [5, 5.41) is 3.49. The van der Waals surface area contributed by atoms with Crippen LogP contribution in [0.15, 0.2) is 42.5 Å². The van der Waals surface area contributed by atoms with E-state index in [1.165, 1.54) is 5.56 Å². The fraction of sp³-hybridized carbons (Fsp3) is 0.200. The van der Waals surface area contributed by atoms with Crippen LogP contribution in [0.1, 0.15) is 18.5 Å². The molecular weight excluding hydrogens is 351 g/mol. The Morgan fingerprint density at radius 2 is 1.84 bits per heavy atom. The lowest BCUT2D eigenvalue weighted by Gasteiger charge is -2.17. The van der Waals surface area contributed by atoms with Crippen molar-refractivity contribution in [1.82, 2.24) is 0 Å². The first kappa shape index (κ1) is 14.0. The lowest BCUT2D eigenvalue weighted by Crippen LogP contribution is -2.07. The summed E-state index contributed by atoms with van der Waals surface area (Å²) in [6, 6.07) is 14.2. The molecular formula is C15H17IN2O. The van der Waals surface area contributed by atoms with E-state index in [9.17, 15) is 0 Å². The maximum atomic E-state index is 5.75. The first-order valence-corrected chi connectivity index (χ1v) is 7.13. The van der Waals surface area contributed by atoms with E-state index in [4.69, 9.17) is 10.5 Å². The Balaban J connectivity index is 2.13. The van der Waals surface area contributed by atoms with Crippen LogP contribution in [0.4, 0.5) is 11.4 Å². The Bertz CT molecular complexity index is 555. The van der Waals surface area contributed by atoms with Gasteiger partial charge in [-0.3, -0.25) is 0 Å². The van der Waals surface area contributed by atoms with E-state index in [1.807, 2.05) is 30.3 Å². The Hall–Kier alpha value is -1.43. The summed E-state index contributed by atoms with van der Waals surface area (Å²) in [5.74, 6) is 0.873. The molecule has 100 valence electrons. The van der Waals surface area contributed by atoms with Crippen LogP contribution in [0.3, 0.4) is 0 Å². The average Bonchev–Trinajstić information content (AvgIpc) is 2.42. The van der Waals surface area contributed by atoms with Gasteiger partial charge in [0.15, 0.2) is 0 Å². The van der Waals surface area contributed by atoms with Crippen molar-refractivity contribution >= 4 is 34.0 Å². The zero-order valence-electron chi connectivity index (χ0n) is 11.0. The Morgan fingerprint density at radius 3 is 2.42 bits per heavy atom. The van der Waals surface area contributed by atoms with Gasteiger partial charge in [0.2, 0.25) is 0 Å². The number of nitrogens with one attached hydrogen (secondary N) is 1. The lowest BCUT2D eigenvalue weighted by atomic mass is 10.1. The van der Waals surface area contributed by atoms with Gasteiger partial charge in [0.05, 0.1) is 7.11 Å². The number of hydrogen-bond donors (Lipinski definition) is 2. The number of benzene rings is 2. The highest BCUT2D eigenvalue weighted by molar-refractivity contribution is 14.1. The summed E-state index contributed by atoms with van der Waals surface area (Å²) < 4.78 is 6.29. The largest absolute Gasteiger partial charge is 0.497 e. The van der Waals surface area contributed by atoms with Gasteiger partial charge in [-0.25, -0.2) is 0 Å². The van der Waals surface area contributed by atoms with Gasteiger partial charge >= 0.3 is 0 Å². The van der Waals surface area contributed by atoms with Crippen molar-refractivity contribution in [2.75, 3.05) is 18.2 Å². The van der Waals surface area contributed by atoms with E-state index in [2.05, 4.69) is 47.0 Å². The number of halogens is 1. The van der Waals surface area contributed by atoms with Crippen LogP contribution in [-0.2, 0) is 0 Å². The Labute approximate surface area is 127 Å². The molecule has 1 atom stereocenters.